The van der Waals surface area contributed by atoms with Crippen molar-refractivity contribution in [3.05, 3.63) is 100 Å². The highest BCUT2D eigenvalue weighted by Crippen LogP contribution is 2.44. The summed E-state index contributed by atoms with van der Waals surface area (Å²) >= 11 is 0. The first kappa shape index (κ1) is 26.9. The summed E-state index contributed by atoms with van der Waals surface area (Å²) in [6.45, 7) is 6.35. The minimum atomic E-state index is -0.387. The van der Waals surface area contributed by atoms with Crippen LogP contribution in [0.3, 0.4) is 0 Å². The van der Waals surface area contributed by atoms with E-state index in [4.69, 9.17) is 4.74 Å². The molecule has 7 rings (SSSR count). The first-order valence-corrected chi connectivity index (χ1v) is 14.4. The Labute approximate surface area is 247 Å². The van der Waals surface area contributed by atoms with Crippen molar-refractivity contribution in [1.29, 1.82) is 5.26 Å². The topological polar surface area (TPSA) is 114 Å². The molecule has 216 valence electrons. The van der Waals surface area contributed by atoms with Gasteiger partial charge in [-0.25, -0.2) is 19.2 Å². The van der Waals surface area contributed by atoms with Gasteiger partial charge in [0.2, 0.25) is 0 Å². The van der Waals surface area contributed by atoms with Gasteiger partial charge in [0.25, 0.3) is 0 Å². The molecule has 9 nitrogen and oxygen atoms in total. The molecule has 2 saturated heterocycles. The van der Waals surface area contributed by atoms with Crippen LogP contribution in [0, 0.1) is 29.5 Å². The molecule has 1 spiro atoms. The van der Waals surface area contributed by atoms with Crippen LogP contribution < -0.4 is 15.3 Å². The minimum Gasteiger partial charge on any atom is -0.451 e. The standard InChI is InChI=1S/C33H30FN7O2/c1-21-23(15-35)3-2-4-25(21)26-14-24(34)6-8-29(26)43-30-16-36-20-37-31(30)41-12-10-33(19-41)9-11-40(18-33)17-22-5-7-27-28(13-22)39-32(42)38-27/h2-8,13-14,16,20H,9-12,17-19H2,1H3,(H2,38,39,42). The lowest BCUT2D eigenvalue weighted by molar-refractivity contribution is 0.270. The SMILES string of the molecule is Cc1c(C#N)cccc1-c1cc(F)ccc1Oc1cncnc1N1CCC2(CCN(Cc3ccc4[nH]c(=O)[nH]c4c3)C2)C1. The summed E-state index contributed by atoms with van der Waals surface area (Å²) in [7, 11) is 0. The Hall–Kier alpha value is -5.01. The first-order valence-electron chi connectivity index (χ1n) is 14.4. The molecule has 3 aromatic carbocycles. The number of imidazole rings is 1. The molecule has 2 aromatic heterocycles. The second-order valence-electron chi connectivity index (χ2n) is 11.6. The van der Waals surface area contributed by atoms with Crippen molar-refractivity contribution in [3.8, 4) is 28.7 Å². The van der Waals surface area contributed by atoms with Crippen LogP contribution >= 0.6 is 0 Å². The van der Waals surface area contributed by atoms with Crippen molar-refractivity contribution in [2.45, 2.75) is 26.3 Å². The van der Waals surface area contributed by atoms with Gasteiger partial charge in [-0.2, -0.15) is 5.26 Å². The number of ether oxygens (including phenoxy) is 1. The van der Waals surface area contributed by atoms with Gasteiger partial charge in [0.1, 0.15) is 17.9 Å². The van der Waals surface area contributed by atoms with Crippen molar-refractivity contribution in [2.75, 3.05) is 31.1 Å². The van der Waals surface area contributed by atoms with Crippen LogP contribution in [0.25, 0.3) is 22.2 Å². The number of nitrogens with one attached hydrogen (secondary N) is 2. The zero-order valence-electron chi connectivity index (χ0n) is 23.7. The lowest BCUT2D eigenvalue weighted by atomic mass is 9.86. The predicted octanol–water partition coefficient (Wildman–Crippen LogP) is 5.53. The molecular weight excluding hydrogens is 545 g/mol. The Kier molecular flexibility index (Phi) is 6.67. The Morgan fingerprint density at radius 1 is 1.02 bits per heavy atom. The second kappa shape index (κ2) is 10.7. The number of aromatic nitrogens is 4. The van der Waals surface area contributed by atoms with Crippen molar-refractivity contribution in [1.82, 2.24) is 24.8 Å². The van der Waals surface area contributed by atoms with Crippen LogP contribution in [0.2, 0.25) is 0 Å². The van der Waals surface area contributed by atoms with Gasteiger partial charge in [0.05, 0.1) is 28.9 Å². The summed E-state index contributed by atoms with van der Waals surface area (Å²) in [6.07, 6.45) is 5.31. The summed E-state index contributed by atoms with van der Waals surface area (Å²) in [5.74, 6) is 1.30. The smallest absolute Gasteiger partial charge is 0.323 e. The molecular formula is C33H30FN7O2. The lowest BCUT2D eigenvalue weighted by Gasteiger charge is -2.26. The Bertz CT molecular complexity index is 1940. The first-order chi connectivity index (χ1) is 20.9. The van der Waals surface area contributed by atoms with Crippen molar-refractivity contribution in [2.24, 2.45) is 5.41 Å². The van der Waals surface area contributed by atoms with Crippen LogP contribution in [-0.2, 0) is 6.54 Å². The van der Waals surface area contributed by atoms with Crippen LogP contribution in [0.4, 0.5) is 10.2 Å². The van der Waals surface area contributed by atoms with Gasteiger partial charge in [-0.15, -0.1) is 0 Å². The normalized spacial score (nSPS) is 18.5. The quantitative estimate of drug-likeness (QED) is 0.274. The zero-order valence-corrected chi connectivity index (χ0v) is 23.7. The predicted molar refractivity (Wildman–Crippen MR) is 161 cm³/mol. The van der Waals surface area contributed by atoms with Crippen LogP contribution in [-0.4, -0.2) is 51.0 Å². The van der Waals surface area contributed by atoms with E-state index in [1.807, 2.05) is 25.1 Å². The second-order valence-corrected chi connectivity index (χ2v) is 11.6. The van der Waals surface area contributed by atoms with E-state index in [1.54, 1.807) is 24.4 Å². The zero-order chi connectivity index (χ0) is 29.6. The molecule has 2 aliphatic rings. The van der Waals surface area contributed by atoms with Gasteiger partial charge in [-0.3, -0.25) is 4.90 Å². The third-order valence-corrected chi connectivity index (χ3v) is 8.81. The highest BCUT2D eigenvalue weighted by Gasteiger charge is 2.44. The van der Waals surface area contributed by atoms with E-state index in [0.717, 1.165) is 67.7 Å². The summed E-state index contributed by atoms with van der Waals surface area (Å²) < 4.78 is 20.9. The molecule has 2 fully saturated rings. The van der Waals surface area contributed by atoms with Crippen molar-refractivity contribution >= 4 is 16.9 Å². The molecule has 10 heteroatoms. The van der Waals surface area contributed by atoms with E-state index in [-0.39, 0.29) is 16.9 Å². The summed E-state index contributed by atoms with van der Waals surface area (Å²) in [4.78, 5) is 30.9. The van der Waals surface area contributed by atoms with E-state index in [2.05, 4.69) is 41.9 Å². The van der Waals surface area contributed by atoms with Crippen LogP contribution in [0.1, 0.15) is 29.5 Å². The molecule has 0 saturated carbocycles. The van der Waals surface area contributed by atoms with E-state index < -0.39 is 0 Å². The molecule has 43 heavy (non-hydrogen) atoms. The van der Waals surface area contributed by atoms with E-state index in [1.165, 1.54) is 24.0 Å². The number of fused-ring (bicyclic) bond motifs is 1. The molecule has 2 N–H and O–H groups in total. The molecule has 0 radical (unpaired) electrons. The molecule has 0 bridgehead atoms. The summed E-state index contributed by atoms with van der Waals surface area (Å²) in [5, 5.41) is 9.53. The van der Waals surface area contributed by atoms with Crippen molar-refractivity contribution < 1.29 is 9.13 Å². The average molecular weight is 576 g/mol. The number of nitriles is 1. The largest absolute Gasteiger partial charge is 0.451 e. The lowest BCUT2D eigenvalue weighted by Crippen LogP contribution is -2.31. The number of H-pyrrole nitrogens is 2. The maximum absolute atomic E-state index is 14.4. The maximum atomic E-state index is 14.4. The molecule has 5 aromatic rings. The van der Waals surface area contributed by atoms with Gasteiger partial charge in [-0.1, -0.05) is 18.2 Å². The van der Waals surface area contributed by atoms with Gasteiger partial charge < -0.3 is 19.6 Å². The monoisotopic (exact) mass is 575 g/mol. The maximum Gasteiger partial charge on any atom is 0.323 e. The average Bonchev–Trinajstić information content (AvgIpc) is 3.72. The molecule has 1 atom stereocenters. The van der Waals surface area contributed by atoms with E-state index in [0.29, 0.717) is 28.4 Å². The number of aromatic amines is 2. The number of nitrogens with zero attached hydrogens (tertiary/aromatic N) is 5. The summed E-state index contributed by atoms with van der Waals surface area (Å²) in [5.41, 5.74) is 5.37. The fourth-order valence-electron chi connectivity index (χ4n) is 6.64. The van der Waals surface area contributed by atoms with Gasteiger partial charge in [0.15, 0.2) is 11.6 Å². The van der Waals surface area contributed by atoms with E-state index in [9.17, 15) is 14.4 Å². The number of rotatable bonds is 6. The third kappa shape index (κ3) is 5.13. The summed E-state index contributed by atoms with van der Waals surface area (Å²) in [6, 6.07) is 18.1. The molecule has 0 aliphatic carbocycles. The fourth-order valence-corrected chi connectivity index (χ4v) is 6.64. The Morgan fingerprint density at radius 2 is 1.88 bits per heavy atom. The number of benzene rings is 3. The molecule has 0 amide bonds. The third-order valence-electron chi connectivity index (χ3n) is 8.81. The van der Waals surface area contributed by atoms with Crippen LogP contribution in [0.5, 0.6) is 11.5 Å². The van der Waals surface area contributed by atoms with Gasteiger partial charge in [-0.05, 0) is 79.4 Å². The highest BCUT2D eigenvalue weighted by atomic mass is 19.1. The Balaban J connectivity index is 1.10. The number of hydrogen-bond acceptors (Lipinski definition) is 7. The number of likely N-dealkylation sites (tertiary alicyclic amines) is 1. The molecule has 2 aliphatic heterocycles. The number of hydrogen-bond donors (Lipinski definition) is 2. The van der Waals surface area contributed by atoms with Gasteiger partial charge in [0, 0.05) is 37.2 Å². The molecule has 4 heterocycles. The van der Waals surface area contributed by atoms with Gasteiger partial charge >= 0.3 is 5.69 Å². The number of anilines is 1. The number of halogens is 1. The Morgan fingerprint density at radius 3 is 2.77 bits per heavy atom. The highest BCUT2D eigenvalue weighted by molar-refractivity contribution is 5.76. The van der Waals surface area contributed by atoms with Crippen molar-refractivity contribution in [3.63, 3.8) is 0 Å². The fraction of sp³-hybridized carbons (Fsp3) is 0.273. The van der Waals surface area contributed by atoms with Crippen LogP contribution in [0.15, 0.2) is 71.9 Å². The molecule has 1 unspecified atom stereocenters. The van der Waals surface area contributed by atoms with E-state index >= 15 is 0 Å². The minimum absolute atomic E-state index is 0.143.